The van der Waals surface area contributed by atoms with Gasteiger partial charge in [0.25, 0.3) is 6.54 Å². The minimum atomic E-state index is 0.900. The van der Waals surface area contributed by atoms with Gasteiger partial charge in [0.15, 0.2) is 0 Å². The van der Waals surface area contributed by atoms with E-state index in [0.29, 0.717) is 0 Å². The molecule has 0 N–H and O–H groups in total. The van der Waals surface area contributed by atoms with Gasteiger partial charge in [-0.15, -0.1) is 0 Å². The summed E-state index contributed by atoms with van der Waals surface area (Å²) in [6.45, 7) is 0.900. The fourth-order valence-corrected chi connectivity index (χ4v) is 1.16. The van der Waals surface area contributed by atoms with Crippen LogP contribution in [-0.2, 0) is 6.42 Å². The van der Waals surface area contributed by atoms with Crippen molar-refractivity contribution in [2.45, 2.75) is 6.42 Å². The first-order chi connectivity index (χ1) is 4.97. The van der Waals surface area contributed by atoms with Gasteiger partial charge in [0.05, 0.1) is 6.42 Å². The largest absolute Gasteiger partial charge is 0.311 e. The van der Waals surface area contributed by atoms with E-state index in [0.717, 1.165) is 18.5 Å². The van der Waals surface area contributed by atoms with Crippen LogP contribution < -0.4 is 0 Å². The minimum absolute atomic E-state index is 0.900. The molecule has 0 unspecified atom stereocenters. The van der Waals surface area contributed by atoms with Gasteiger partial charge < -0.3 is 0 Å². The zero-order chi connectivity index (χ0) is 6.81. The van der Waals surface area contributed by atoms with Crippen LogP contribution in [0.25, 0.3) is 4.85 Å². The quantitative estimate of drug-likeness (QED) is 0.505. The summed E-state index contributed by atoms with van der Waals surface area (Å²) >= 11 is 0. The monoisotopic (exact) mass is 130 g/mol. The summed E-state index contributed by atoms with van der Waals surface area (Å²) < 4.78 is 0. The van der Waals surface area contributed by atoms with E-state index >= 15 is 0 Å². The Morgan fingerprint density at radius 2 is 2.20 bits per heavy atom. The molecule has 0 fully saturated rings. The van der Waals surface area contributed by atoms with Crippen molar-refractivity contribution in [2.24, 2.45) is 0 Å². The molecule has 1 nitrogen and oxygen atoms in total. The molecule has 1 heterocycles. The molecule has 0 bridgehead atoms. The van der Waals surface area contributed by atoms with E-state index in [1.807, 2.05) is 6.07 Å². The fourth-order valence-electron chi connectivity index (χ4n) is 1.16. The lowest BCUT2D eigenvalue weighted by molar-refractivity contribution is 1.05. The highest BCUT2D eigenvalue weighted by Crippen LogP contribution is 2.11. The van der Waals surface area contributed by atoms with Crippen molar-refractivity contribution in [3.05, 3.63) is 40.2 Å². The minimum Gasteiger partial charge on any atom is -0.0776 e. The molecule has 1 aliphatic rings. The highest BCUT2D eigenvalue weighted by molar-refractivity contribution is 5.41. The van der Waals surface area contributed by atoms with Crippen LogP contribution in [0.1, 0.15) is 11.1 Å². The van der Waals surface area contributed by atoms with Crippen LogP contribution in [0.4, 0.5) is 0 Å². The average Bonchev–Trinajstić information content (AvgIpc) is 2.05. The molecule has 48 valence electrons. The van der Waals surface area contributed by atoms with Gasteiger partial charge in [0.2, 0.25) is 0 Å². The third kappa shape index (κ3) is 0.784. The summed E-state index contributed by atoms with van der Waals surface area (Å²) in [4.78, 5) is 4.07. The normalized spacial score (nSPS) is 13.2. The first kappa shape index (κ1) is 5.49. The van der Waals surface area contributed by atoms with E-state index in [4.69, 9.17) is 0 Å². The van der Waals surface area contributed by atoms with Crippen LogP contribution in [0.3, 0.4) is 0 Å². The molecule has 1 aliphatic heterocycles. The first-order valence-electron chi connectivity index (χ1n) is 3.47. The van der Waals surface area contributed by atoms with Crippen molar-refractivity contribution in [1.29, 1.82) is 0 Å². The van der Waals surface area contributed by atoms with Gasteiger partial charge in [0, 0.05) is 0 Å². The summed E-state index contributed by atoms with van der Waals surface area (Å²) in [5.74, 6) is 0. The van der Waals surface area contributed by atoms with Gasteiger partial charge in [0.1, 0.15) is 5.56 Å². The van der Waals surface area contributed by atoms with E-state index in [-0.39, 0.29) is 0 Å². The first-order valence-corrected chi connectivity index (χ1v) is 3.47. The number of nitrogens with zero attached hydrogens (tertiary/aromatic N) is 1. The highest BCUT2D eigenvalue weighted by atomic mass is 14.6. The molecule has 1 heteroatoms. The average molecular weight is 130 g/mol. The lowest BCUT2D eigenvalue weighted by atomic mass is 10.0. The lowest BCUT2D eigenvalue weighted by Gasteiger charge is -1.96. The number of rotatable bonds is 0. The number of fused-ring (bicyclic) bond motifs is 1. The Morgan fingerprint density at radius 3 is 3.10 bits per heavy atom. The van der Waals surface area contributed by atoms with Gasteiger partial charge >= 0.3 is 6.07 Å². The van der Waals surface area contributed by atoms with Crippen molar-refractivity contribution in [3.63, 3.8) is 0 Å². The van der Waals surface area contributed by atoms with Crippen molar-refractivity contribution in [1.82, 2.24) is 0 Å². The number of hydrogen-bond donors (Lipinski definition) is 0. The molecule has 0 saturated carbocycles. The molecule has 0 amide bonds. The molecule has 0 aromatic heterocycles. The standard InChI is InChI=1S/C9H8N/c1-2-4-9-7-10-6-5-8(9)3-1/h1-4H,5-6H2/q+1. The molecule has 0 aliphatic carbocycles. The summed E-state index contributed by atoms with van der Waals surface area (Å²) in [6, 6.07) is 11.3. The molecular weight excluding hydrogens is 122 g/mol. The molecule has 1 aromatic carbocycles. The Kier molecular flexibility index (Phi) is 1.18. The predicted molar refractivity (Wildman–Crippen MR) is 41.4 cm³/mol. The van der Waals surface area contributed by atoms with Gasteiger partial charge in [-0.25, -0.2) is 0 Å². The van der Waals surface area contributed by atoms with Crippen LogP contribution >= 0.6 is 0 Å². The molecule has 0 atom stereocenters. The Morgan fingerprint density at radius 1 is 1.30 bits per heavy atom. The second kappa shape index (κ2) is 2.15. The van der Waals surface area contributed by atoms with Gasteiger partial charge in [-0.2, -0.15) is 0 Å². The molecule has 10 heavy (non-hydrogen) atoms. The number of hydrogen-bond acceptors (Lipinski definition) is 0. The van der Waals surface area contributed by atoms with Crippen LogP contribution in [0, 0.1) is 6.07 Å². The second-order valence-electron chi connectivity index (χ2n) is 2.40. The predicted octanol–water partition coefficient (Wildman–Crippen LogP) is 1.92. The third-order valence-corrected chi connectivity index (χ3v) is 1.71. The Hall–Kier alpha value is -1.29. The SMILES string of the molecule is C1#[N+]CCc2ccccc21. The molecule has 0 saturated heterocycles. The molecule has 0 radical (unpaired) electrons. The highest BCUT2D eigenvalue weighted by Gasteiger charge is 2.09. The zero-order valence-electron chi connectivity index (χ0n) is 5.67. The topological polar surface area (TPSA) is 4.36 Å². The summed E-state index contributed by atoms with van der Waals surface area (Å²) in [7, 11) is 0. The van der Waals surface area contributed by atoms with Crippen molar-refractivity contribution in [2.75, 3.05) is 6.54 Å². The Labute approximate surface area is 60.1 Å². The molecule has 1 aromatic rings. The maximum absolute atomic E-state index is 4.07. The van der Waals surface area contributed by atoms with E-state index in [1.165, 1.54) is 5.56 Å². The van der Waals surface area contributed by atoms with E-state index < -0.39 is 0 Å². The Balaban J connectivity index is 2.60. The maximum atomic E-state index is 4.07. The molecular formula is C9H8N+. The van der Waals surface area contributed by atoms with Crippen molar-refractivity contribution >= 4 is 0 Å². The zero-order valence-corrected chi connectivity index (χ0v) is 5.67. The summed E-state index contributed by atoms with van der Waals surface area (Å²) in [6.07, 6.45) is 1.07. The van der Waals surface area contributed by atoms with Crippen LogP contribution in [-0.4, -0.2) is 6.54 Å². The number of benzene rings is 1. The summed E-state index contributed by atoms with van der Waals surface area (Å²) in [5, 5.41) is 0. The van der Waals surface area contributed by atoms with Crippen LogP contribution in [0.5, 0.6) is 0 Å². The molecule has 2 rings (SSSR count). The Bertz CT molecular complexity index is 304. The fraction of sp³-hybridized carbons (Fsp3) is 0.222. The summed E-state index contributed by atoms with van der Waals surface area (Å²) in [5.41, 5.74) is 2.53. The molecule has 0 spiro atoms. The van der Waals surface area contributed by atoms with Gasteiger partial charge in [-0.1, -0.05) is 23.0 Å². The smallest absolute Gasteiger partial charge is 0.0776 e. The third-order valence-electron chi connectivity index (χ3n) is 1.71. The van der Waals surface area contributed by atoms with E-state index in [9.17, 15) is 0 Å². The maximum Gasteiger partial charge on any atom is 0.311 e. The van der Waals surface area contributed by atoms with Crippen LogP contribution in [0.2, 0.25) is 0 Å². The van der Waals surface area contributed by atoms with Gasteiger partial charge in [-0.05, 0) is 11.6 Å². The lowest BCUT2D eigenvalue weighted by Crippen LogP contribution is -1.95. The van der Waals surface area contributed by atoms with Crippen molar-refractivity contribution in [3.8, 4) is 6.07 Å². The van der Waals surface area contributed by atoms with Crippen molar-refractivity contribution < 1.29 is 0 Å². The van der Waals surface area contributed by atoms with Gasteiger partial charge in [-0.3, -0.25) is 0 Å². The second-order valence-corrected chi connectivity index (χ2v) is 2.40. The van der Waals surface area contributed by atoms with E-state index in [1.54, 1.807) is 0 Å². The van der Waals surface area contributed by atoms with E-state index in [2.05, 4.69) is 29.1 Å². The van der Waals surface area contributed by atoms with Crippen LogP contribution in [0.15, 0.2) is 24.3 Å².